The third-order valence-electron chi connectivity index (χ3n) is 2.18. The Morgan fingerprint density at radius 3 is 2.76 bits per heavy atom. The Morgan fingerprint density at radius 1 is 1.41 bits per heavy atom. The lowest BCUT2D eigenvalue weighted by atomic mass is 10.1. The molecule has 0 heterocycles. The van der Waals surface area contributed by atoms with E-state index in [0.29, 0.717) is 13.2 Å². The second-order valence-electron chi connectivity index (χ2n) is 3.45. The molecule has 94 valence electrons. The maximum absolute atomic E-state index is 5.52. The van der Waals surface area contributed by atoms with Crippen LogP contribution in [0.2, 0.25) is 0 Å². The van der Waals surface area contributed by atoms with Crippen LogP contribution in [0.3, 0.4) is 0 Å². The average molecular weight is 300 g/mol. The van der Waals surface area contributed by atoms with E-state index in [1.807, 2.05) is 31.2 Å². The zero-order chi connectivity index (χ0) is 12.7. The van der Waals surface area contributed by atoms with Crippen LogP contribution >= 0.6 is 15.9 Å². The van der Waals surface area contributed by atoms with Crippen molar-refractivity contribution in [2.45, 2.75) is 13.3 Å². The van der Waals surface area contributed by atoms with Crippen molar-refractivity contribution < 1.29 is 9.47 Å². The van der Waals surface area contributed by atoms with Crippen molar-refractivity contribution in [3.8, 4) is 11.5 Å². The molecule has 0 aliphatic carbocycles. The van der Waals surface area contributed by atoms with Gasteiger partial charge in [0.05, 0.1) is 18.2 Å². The predicted molar refractivity (Wildman–Crippen MR) is 74.6 cm³/mol. The largest absolute Gasteiger partial charge is 0.493 e. The molecule has 2 N–H and O–H groups in total. The smallest absolute Gasteiger partial charge is 0.175 e. The molecule has 0 bridgehead atoms. The van der Waals surface area contributed by atoms with E-state index in [9.17, 15) is 0 Å². The van der Waals surface area contributed by atoms with Gasteiger partial charge in [-0.3, -0.25) is 0 Å². The predicted octanol–water partition coefficient (Wildman–Crippen LogP) is 3.22. The van der Waals surface area contributed by atoms with Gasteiger partial charge in [-0.2, -0.15) is 0 Å². The second-order valence-corrected chi connectivity index (χ2v) is 4.30. The van der Waals surface area contributed by atoms with Crippen LogP contribution in [0.5, 0.6) is 11.5 Å². The fraction of sp³-hybridized carbons (Fsp3) is 0.385. The van der Waals surface area contributed by atoms with Crippen LogP contribution < -0.4 is 15.2 Å². The van der Waals surface area contributed by atoms with Gasteiger partial charge in [0.25, 0.3) is 0 Å². The zero-order valence-corrected chi connectivity index (χ0v) is 11.8. The minimum atomic E-state index is 0.608. The highest BCUT2D eigenvalue weighted by Gasteiger charge is 2.09. The van der Waals surface area contributed by atoms with Crippen molar-refractivity contribution in [3.63, 3.8) is 0 Å². The molecule has 0 spiro atoms. The van der Waals surface area contributed by atoms with E-state index in [-0.39, 0.29) is 0 Å². The lowest BCUT2D eigenvalue weighted by Gasteiger charge is -2.12. The van der Waals surface area contributed by atoms with E-state index < -0.39 is 0 Å². The van der Waals surface area contributed by atoms with Gasteiger partial charge in [-0.25, -0.2) is 0 Å². The Morgan fingerprint density at radius 2 is 2.18 bits per heavy atom. The fourth-order valence-electron chi connectivity index (χ4n) is 1.44. The van der Waals surface area contributed by atoms with E-state index in [1.165, 1.54) is 0 Å². The Kier molecular flexibility index (Phi) is 6.08. The maximum Gasteiger partial charge on any atom is 0.175 e. The molecule has 1 aromatic rings. The molecule has 4 heteroatoms. The number of ether oxygens (including phenoxy) is 2. The number of rotatable bonds is 6. The van der Waals surface area contributed by atoms with Crippen LogP contribution in [0.1, 0.15) is 18.9 Å². The van der Waals surface area contributed by atoms with Gasteiger partial charge in [-0.15, -0.1) is 0 Å². The van der Waals surface area contributed by atoms with Crippen LogP contribution in [0.25, 0.3) is 6.08 Å². The van der Waals surface area contributed by atoms with E-state index in [1.54, 1.807) is 7.11 Å². The summed E-state index contributed by atoms with van der Waals surface area (Å²) in [7, 11) is 1.64. The van der Waals surface area contributed by atoms with Gasteiger partial charge in [-0.05, 0) is 53.5 Å². The Hall–Kier alpha value is -1.00. The van der Waals surface area contributed by atoms with Crippen molar-refractivity contribution in [1.29, 1.82) is 0 Å². The van der Waals surface area contributed by atoms with Gasteiger partial charge in [-0.1, -0.05) is 12.2 Å². The molecule has 0 amide bonds. The lowest BCUT2D eigenvalue weighted by molar-refractivity contribution is 0.309. The molecule has 0 saturated heterocycles. The molecular formula is C13H18BrNO2. The van der Waals surface area contributed by atoms with Crippen molar-refractivity contribution in [3.05, 3.63) is 28.2 Å². The molecule has 0 unspecified atom stereocenters. The highest BCUT2D eigenvalue weighted by atomic mass is 79.9. The molecule has 0 atom stereocenters. The highest BCUT2D eigenvalue weighted by molar-refractivity contribution is 9.10. The summed E-state index contributed by atoms with van der Waals surface area (Å²) in [6.07, 6.45) is 4.94. The SMILES string of the molecule is CCOc1c(Br)cc(C=CCCN)cc1OC. The standard InChI is InChI=1S/C13H18BrNO2/c1-3-17-13-11(14)8-10(6-4-5-7-15)9-12(13)16-2/h4,6,8-9H,3,5,7,15H2,1-2H3. The number of nitrogens with two attached hydrogens (primary N) is 1. The quantitative estimate of drug-likeness (QED) is 0.877. The van der Waals surface area contributed by atoms with E-state index in [2.05, 4.69) is 15.9 Å². The number of benzene rings is 1. The molecule has 0 aromatic heterocycles. The molecule has 0 radical (unpaired) electrons. The minimum absolute atomic E-state index is 0.608. The zero-order valence-electron chi connectivity index (χ0n) is 10.2. The first kappa shape index (κ1) is 14.1. The summed E-state index contributed by atoms with van der Waals surface area (Å²) >= 11 is 3.49. The van der Waals surface area contributed by atoms with Crippen molar-refractivity contribution in [1.82, 2.24) is 0 Å². The van der Waals surface area contributed by atoms with Gasteiger partial charge < -0.3 is 15.2 Å². The second kappa shape index (κ2) is 7.35. The third kappa shape index (κ3) is 4.06. The Balaban J connectivity index is 3.00. The van der Waals surface area contributed by atoms with E-state index in [4.69, 9.17) is 15.2 Å². The van der Waals surface area contributed by atoms with Crippen LogP contribution in [-0.2, 0) is 0 Å². The summed E-state index contributed by atoms with van der Waals surface area (Å²) in [5.74, 6) is 1.47. The summed E-state index contributed by atoms with van der Waals surface area (Å²) < 4.78 is 11.7. The number of hydrogen-bond acceptors (Lipinski definition) is 3. The first-order valence-corrected chi connectivity index (χ1v) is 6.39. The first-order valence-electron chi connectivity index (χ1n) is 5.59. The molecule has 0 aliphatic rings. The van der Waals surface area contributed by atoms with Crippen LogP contribution in [0.4, 0.5) is 0 Å². The number of methoxy groups -OCH3 is 1. The average Bonchev–Trinajstić information content (AvgIpc) is 2.32. The van der Waals surface area contributed by atoms with Gasteiger partial charge in [0.2, 0.25) is 0 Å². The van der Waals surface area contributed by atoms with Crippen molar-refractivity contribution in [2.24, 2.45) is 5.73 Å². The maximum atomic E-state index is 5.52. The lowest BCUT2D eigenvalue weighted by Crippen LogP contribution is -1.97. The molecular weight excluding hydrogens is 282 g/mol. The summed E-state index contributed by atoms with van der Waals surface area (Å²) in [5, 5.41) is 0. The summed E-state index contributed by atoms with van der Waals surface area (Å²) in [6, 6.07) is 3.95. The van der Waals surface area contributed by atoms with Crippen LogP contribution in [-0.4, -0.2) is 20.3 Å². The number of hydrogen-bond donors (Lipinski definition) is 1. The minimum Gasteiger partial charge on any atom is -0.493 e. The molecule has 0 fully saturated rings. The third-order valence-corrected chi connectivity index (χ3v) is 2.77. The van der Waals surface area contributed by atoms with E-state index >= 15 is 0 Å². The Bertz CT molecular complexity index is 391. The summed E-state index contributed by atoms with van der Waals surface area (Å²) in [4.78, 5) is 0. The molecule has 1 rings (SSSR count). The topological polar surface area (TPSA) is 44.5 Å². The fourth-order valence-corrected chi connectivity index (χ4v) is 2.01. The summed E-state index contributed by atoms with van der Waals surface area (Å²) in [5.41, 5.74) is 6.50. The molecule has 0 aliphatic heterocycles. The van der Waals surface area contributed by atoms with Crippen molar-refractivity contribution in [2.75, 3.05) is 20.3 Å². The highest BCUT2D eigenvalue weighted by Crippen LogP contribution is 2.36. The number of halogens is 1. The molecule has 0 saturated carbocycles. The van der Waals surface area contributed by atoms with Crippen molar-refractivity contribution >= 4 is 22.0 Å². The van der Waals surface area contributed by atoms with Crippen LogP contribution in [0, 0.1) is 0 Å². The first-order chi connectivity index (χ1) is 8.22. The van der Waals surface area contributed by atoms with E-state index in [0.717, 1.165) is 28.0 Å². The monoisotopic (exact) mass is 299 g/mol. The summed E-state index contributed by atoms with van der Waals surface area (Å²) in [6.45, 7) is 3.21. The van der Waals surface area contributed by atoms with Gasteiger partial charge in [0.15, 0.2) is 11.5 Å². The van der Waals surface area contributed by atoms with Gasteiger partial charge in [0.1, 0.15) is 0 Å². The molecule has 1 aromatic carbocycles. The Labute approximate surface area is 111 Å². The normalized spacial score (nSPS) is 10.8. The molecule has 17 heavy (non-hydrogen) atoms. The van der Waals surface area contributed by atoms with Gasteiger partial charge >= 0.3 is 0 Å². The van der Waals surface area contributed by atoms with Gasteiger partial charge in [0, 0.05) is 0 Å². The molecule has 3 nitrogen and oxygen atoms in total. The van der Waals surface area contributed by atoms with Crippen LogP contribution in [0.15, 0.2) is 22.7 Å².